The van der Waals surface area contributed by atoms with E-state index in [4.69, 9.17) is 10.8 Å². The Morgan fingerprint density at radius 2 is 2.20 bits per heavy atom. The summed E-state index contributed by atoms with van der Waals surface area (Å²) in [4.78, 5) is 0. The molecule has 0 radical (unpaired) electrons. The second kappa shape index (κ2) is 5.05. The lowest BCUT2D eigenvalue weighted by Gasteiger charge is -2.28. The zero-order chi connectivity index (χ0) is 11.5. The van der Waals surface area contributed by atoms with Crippen LogP contribution in [0.1, 0.15) is 18.9 Å². The number of benzene rings is 1. The molecule has 0 amide bonds. The Labute approximate surface area is 97.4 Å². The molecular formula is C11H15BrFNO. The first kappa shape index (κ1) is 12.6. The van der Waals surface area contributed by atoms with E-state index in [0.29, 0.717) is 18.5 Å². The molecule has 0 aliphatic rings. The van der Waals surface area contributed by atoms with Gasteiger partial charge in [0, 0.05) is 23.0 Å². The largest absolute Gasteiger partial charge is 0.396 e. The summed E-state index contributed by atoms with van der Waals surface area (Å²) in [5.41, 5.74) is 5.69. The Morgan fingerprint density at radius 3 is 2.73 bits per heavy atom. The molecule has 0 aliphatic carbocycles. The first-order chi connectivity index (χ1) is 7.03. The molecule has 1 unspecified atom stereocenters. The number of hydrogen-bond donors (Lipinski definition) is 2. The standard InChI is InChI=1S/C11H15BrFNO/c1-11(7-14,4-5-15)9-6-8(12)2-3-10(9)13/h2-3,6,15H,4-5,7,14H2,1H3. The molecule has 0 aliphatic heterocycles. The molecule has 1 aromatic carbocycles. The molecule has 1 rings (SSSR count). The molecule has 0 saturated carbocycles. The van der Waals surface area contributed by atoms with Crippen molar-refractivity contribution in [1.29, 1.82) is 0 Å². The van der Waals surface area contributed by atoms with Gasteiger partial charge >= 0.3 is 0 Å². The Morgan fingerprint density at radius 1 is 1.53 bits per heavy atom. The van der Waals surface area contributed by atoms with Crippen molar-refractivity contribution in [2.45, 2.75) is 18.8 Å². The van der Waals surface area contributed by atoms with Crippen LogP contribution in [0.5, 0.6) is 0 Å². The summed E-state index contributed by atoms with van der Waals surface area (Å²) in [5.74, 6) is -0.278. The Hall–Kier alpha value is -0.450. The highest BCUT2D eigenvalue weighted by Gasteiger charge is 2.27. The molecule has 3 N–H and O–H groups in total. The number of nitrogens with two attached hydrogens (primary N) is 1. The molecule has 0 spiro atoms. The predicted octanol–water partition coefficient (Wildman–Crippen LogP) is 2.19. The van der Waals surface area contributed by atoms with E-state index in [-0.39, 0.29) is 12.4 Å². The fourth-order valence-corrected chi connectivity index (χ4v) is 1.91. The lowest BCUT2D eigenvalue weighted by atomic mass is 9.79. The molecule has 15 heavy (non-hydrogen) atoms. The third kappa shape index (κ3) is 2.77. The SMILES string of the molecule is CC(CN)(CCO)c1cc(Br)ccc1F. The van der Waals surface area contributed by atoms with Gasteiger partial charge in [0.1, 0.15) is 5.82 Å². The van der Waals surface area contributed by atoms with Crippen LogP contribution < -0.4 is 5.73 Å². The van der Waals surface area contributed by atoms with Crippen molar-refractivity contribution >= 4 is 15.9 Å². The minimum Gasteiger partial charge on any atom is -0.396 e. The zero-order valence-electron chi connectivity index (χ0n) is 8.63. The van der Waals surface area contributed by atoms with Crippen molar-refractivity contribution < 1.29 is 9.50 Å². The topological polar surface area (TPSA) is 46.2 Å². The van der Waals surface area contributed by atoms with Crippen molar-refractivity contribution in [2.75, 3.05) is 13.2 Å². The number of halogens is 2. The van der Waals surface area contributed by atoms with Gasteiger partial charge in [0.05, 0.1) is 0 Å². The van der Waals surface area contributed by atoms with E-state index in [9.17, 15) is 4.39 Å². The molecule has 0 heterocycles. The summed E-state index contributed by atoms with van der Waals surface area (Å²) in [6.45, 7) is 2.16. The number of rotatable bonds is 4. The first-order valence-corrected chi connectivity index (χ1v) is 5.59. The summed E-state index contributed by atoms with van der Waals surface area (Å²) in [5, 5.41) is 8.96. The molecule has 0 saturated heterocycles. The Balaban J connectivity index is 3.16. The summed E-state index contributed by atoms with van der Waals surface area (Å²) in [7, 11) is 0. The number of hydrogen-bond acceptors (Lipinski definition) is 2. The smallest absolute Gasteiger partial charge is 0.127 e. The van der Waals surface area contributed by atoms with Gasteiger partial charge in [-0.05, 0) is 30.2 Å². The second-order valence-electron chi connectivity index (χ2n) is 3.86. The predicted molar refractivity (Wildman–Crippen MR) is 62.2 cm³/mol. The fraction of sp³-hybridized carbons (Fsp3) is 0.455. The summed E-state index contributed by atoms with van der Waals surface area (Å²) >= 11 is 3.30. The van der Waals surface area contributed by atoms with Crippen LogP contribution >= 0.6 is 15.9 Å². The highest BCUT2D eigenvalue weighted by Crippen LogP contribution is 2.30. The normalized spacial score (nSPS) is 15.0. The Kier molecular flexibility index (Phi) is 4.25. The van der Waals surface area contributed by atoms with E-state index in [2.05, 4.69) is 15.9 Å². The molecule has 1 aromatic rings. The van der Waals surface area contributed by atoms with Gasteiger partial charge in [0.25, 0.3) is 0 Å². The molecule has 0 aromatic heterocycles. The molecule has 0 bridgehead atoms. The summed E-state index contributed by atoms with van der Waals surface area (Å²) in [6.07, 6.45) is 0.455. The van der Waals surface area contributed by atoms with Gasteiger partial charge in [-0.2, -0.15) is 0 Å². The van der Waals surface area contributed by atoms with Crippen LogP contribution in [0.2, 0.25) is 0 Å². The van der Waals surface area contributed by atoms with E-state index in [1.54, 1.807) is 12.1 Å². The van der Waals surface area contributed by atoms with Gasteiger partial charge in [-0.1, -0.05) is 22.9 Å². The van der Waals surface area contributed by atoms with Crippen LogP contribution in [0.4, 0.5) is 4.39 Å². The summed E-state index contributed by atoms with van der Waals surface area (Å²) < 4.78 is 14.4. The van der Waals surface area contributed by atoms with Gasteiger partial charge in [-0.3, -0.25) is 0 Å². The van der Waals surface area contributed by atoms with E-state index >= 15 is 0 Å². The molecular weight excluding hydrogens is 261 g/mol. The van der Waals surface area contributed by atoms with Crippen LogP contribution in [0, 0.1) is 5.82 Å². The Bertz CT molecular complexity index is 345. The third-order valence-electron chi connectivity index (χ3n) is 2.69. The minimum atomic E-state index is -0.511. The van der Waals surface area contributed by atoms with Crippen LogP contribution in [-0.2, 0) is 5.41 Å². The van der Waals surface area contributed by atoms with Crippen LogP contribution in [0.3, 0.4) is 0 Å². The van der Waals surface area contributed by atoms with Gasteiger partial charge in [-0.25, -0.2) is 4.39 Å². The maximum atomic E-state index is 13.6. The second-order valence-corrected chi connectivity index (χ2v) is 4.78. The fourth-order valence-electron chi connectivity index (χ4n) is 1.55. The third-order valence-corrected chi connectivity index (χ3v) is 3.19. The molecule has 2 nitrogen and oxygen atoms in total. The van der Waals surface area contributed by atoms with Crippen LogP contribution in [0.25, 0.3) is 0 Å². The molecule has 4 heteroatoms. The van der Waals surface area contributed by atoms with E-state index in [0.717, 1.165) is 4.47 Å². The maximum Gasteiger partial charge on any atom is 0.127 e. The molecule has 1 atom stereocenters. The minimum absolute atomic E-state index is 0.000344. The van der Waals surface area contributed by atoms with Crippen molar-refractivity contribution in [2.24, 2.45) is 5.73 Å². The van der Waals surface area contributed by atoms with E-state index in [1.807, 2.05) is 6.92 Å². The average Bonchev–Trinajstić information content (AvgIpc) is 2.22. The van der Waals surface area contributed by atoms with Gasteiger partial charge in [0.15, 0.2) is 0 Å². The summed E-state index contributed by atoms with van der Waals surface area (Å²) in [6, 6.07) is 4.78. The highest BCUT2D eigenvalue weighted by atomic mass is 79.9. The number of aliphatic hydroxyl groups excluding tert-OH is 1. The van der Waals surface area contributed by atoms with Crippen molar-refractivity contribution in [3.63, 3.8) is 0 Å². The number of aliphatic hydroxyl groups is 1. The first-order valence-electron chi connectivity index (χ1n) is 4.80. The average molecular weight is 276 g/mol. The van der Waals surface area contributed by atoms with Crippen molar-refractivity contribution in [1.82, 2.24) is 0 Å². The molecule has 84 valence electrons. The van der Waals surface area contributed by atoms with Crippen molar-refractivity contribution in [3.05, 3.63) is 34.1 Å². The lowest BCUT2D eigenvalue weighted by molar-refractivity contribution is 0.244. The van der Waals surface area contributed by atoms with Crippen LogP contribution in [0.15, 0.2) is 22.7 Å². The van der Waals surface area contributed by atoms with E-state index < -0.39 is 5.41 Å². The van der Waals surface area contributed by atoms with E-state index in [1.165, 1.54) is 6.07 Å². The quantitative estimate of drug-likeness (QED) is 0.885. The monoisotopic (exact) mass is 275 g/mol. The van der Waals surface area contributed by atoms with Gasteiger partial charge in [0.2, 0.25) is 0 Å². The van der Waals surface area contributed by atoms with Gasteiger partial charge < -0.3 is 10.8 Å². The van der Waals surface area contributed by atoms with Crippen LogP contribution in [-0.4, -0.2) is 18.3 Å². The molecule has 0 fully saturated rings. The lowest BCUT2D eigenvalue weighted by Crippen LogP contribution is -2.33. The maximum absolute atomic E-state index is 13.6. The zero-order valence-corrected chi connectivity index (χ0v) is 10.2. The van der Waals surface area contributed by atoms with Crippen molar-refractivity contribution in [3.8, 4) is 0 Å². The highest BCUT2D eigenvalue weighted by molar-refractivity contribution is 9.10. The van der Waals surface area contributed by atoms with Gasteiger partial charge in [-0.15, -0.1) is 0 Å².